The average Bonchev–Trinajstić information content (AvgIpc) is 2.88. The van der Waals surface area contributed by atoms with E-state index in [9.17, 15) is 0 Å². The van der Waals surface area contributed by atoms with E-state index in [1.807, 2.05) is 11.3 Å². The Labute approximate surface area is 113 Å². The van der Waals surface area contributed by atoms with Crippen LogP contribution in [0.1, 0.15) is 38.2 Å². The van der Waals surface area contributed by atoms with Crippen LogP contribution in [-0.4, -0.2) is 23.6 Å². The molecular weight excluding hydrogens is 246 g/mol. The van der Waals surface area contributed by atoms with Crippen LogP contribution in [0.4, 0.5) is 0 Å². The normalized spacial score (nSPS) is 22.5. The fraction of sp³-hybridized carbons (Fsp3) is 0.714. The quantitative estimate of drug-likeness (QED) is 0.839. The summed E-state index contributed by atoms with van der Waals surface area (Å²) in [5.74, 6) is 1.36. The lowest BCUT2D eigenvalue weighted by molar-refractivity contribution is 0.461. The summed E-state index contributed by atoms with van der Waals surface area (Å²) in [7, 11) is 0. The van der Waals surface area contributed by atoms with Gasteiger partial charge in [-0.05, 0) is 60.4 Å². The molecule has 1 aromatic rings. The smallest absolute Gasteiger partial charge is 0.0227 e. The topological polar surface area (TPSA) is 12.0 Å². The van der Waals surface area contributed by atoms with E-state index in [1.54, 1.807) is 0 Å². The lowest BCUT2D eigenvalue weighted by atomic mass is 10.0. The molecule has 0 saturated carbocycles. The van der Waals surface area contributed by atoms with Gasteiger partial charge in [0, 0.05) is 11.3 Å². The number of rotatable bonds is 6. The molecule has 0 aromatic carbocycles. The van der Waals surface area contributed by atoms with Crippen LogP contribution in [0.2, 0.25) is 0 Å². The van der Waals surface area contributed by atoms with Gasteiger partial charge >= 0.3 is 0 Å². The third kappa shape index (κ3) is 4.31. The first-order valence-corrected chi connectivity index (χ1v) is 8.75. The molecule has 1 saturated heterocycles. The first-order valence-electron chi connectivity index (χ1n) is 6.76. The first-order chi connectivity index (χ1) is 8.40. The molecule has 2 atom stereocenters. The van der Waals surface area contributed by atoms with Crippen molar-refractivity contribution in [3.63, 3.8) is 0 Å². The summed E-state index contributed by atoms with van der Waals surface area (Å²) in [5, 5.41) is 9.08. The Hall–Kier alpha value is 0.01000. The SMILES string of the molecule is CCCNC(Cc1ccsc1)C1CCCCS1. The minimum absolute atomic E-state index is 0.676. The molecule has 17 heavy (non-hydrogen) atoms. The van der Waals surface area contributed by atoms with Gasteiger partial charge in [-0.1, -0.05) is 13.3 Å². The van der Waals surface area contributed by atoms with Crippen molar-refractivity contribution >= 4 is 23.1 Å². The molecule has 0 radical (unpaired) electrons. The molecule has 1 aliphatic heterocycles. The fourth-order valence-corrected chi connectivity index (χ4v) is 4.52. The van der Waals surface area contributed by atoms with Gasteiger partial charge in [-0.25, -0.2) is 0 Å². The van der Waals surface area contributed by atoms with Crippen LogP contribution in [0.5, 0.6) is 0 Å². The van der Waals surface area contributed by atoms with Crippen molar-refractivity contribution in [3.8, 4) is 0 Å². The van der Waals surface area contributed by atoms with Gasteiger partial charge in [-0.3, -0.25) is 0 Å². The Bertz CT molecular complexity index is 291. The van der Waals surface area contributed by atoms with Crippen molar-refractivity contribution in [2.45, 2.75) is 50.3 Å². The molecular formula is C14H23NS2. The summed E-state index contributed by atoms with van der Waals surface area (Å²) in [6.07, 6.45) is 6.68. The number of hydrogen-bond acceptors (Lipinski definition) is 3. The van der Waals surface area contributed by atoms with E-state index in [1.165, 1.54) is 43.4 Å². The maximum Gasteiger partial charge on any atom is 0.0227 e. The van der Waals surface area contributed by atoms with E-state index in [2.05, 4.69) is 40.8 Å². The predicted molar refractivity (Wildman–Crippen MR) is 80.2 cm³/mol. The number of thioether (sulfide) groups is 1. The largest absolute Gasteiger partial charge is 0.313 e. The van der Waals surface area contributed by atoms with Crippen LogP contribution < -0.4 is 5.32 Å². The van der Waals surface area contributed by atoms with Gasteiger partial charge in [-0.15, -0.1) is 0 Å². The number of nitrogens with one attached hydrogen (secondary N) is 1. The van der Waals surface area contributed by atoms with Crippen molar-refractivity contribution in [1.29, 1.82) is 0 Å². The highest BCUT2D eigenvalue weighted by Gasteiger charge is 2.23. The molecule has 0 spiro atoms. The molecule has 1 fully saturated rings. The fourth-order valence-electron chi connectivity index (χ4n) is 2.41. The van der Waals surface area contributed by atoms with Crippen LogP contribution in [0, 0.1) is 0 Å². The van der Waals surface area contributed by atoms with Gasteiger partial charge in [0.2, 0.25) is 0 Å². The minimum atomic E-state index is 0.676. The molecule has 2 unspecified atom stereocenters. The lowest BCUT2D eigenvalue weighted by Crippen LogP contribution is -2.41. The molecule has 1 N–H and O–H groups in total. The molecule has 1 aliphatic rings. The van der Waals surface area contributed by atoms with E-state index in [0.29, 0.717) is 6.04 Å². The van der Waals surface area contributed by atoms with Gasteiger partial charge < -0.3 is 5.32 Å². The van der Waals surface area contributed by atoms with Crippen molar-refractivity contribution in [1.82, 2.24) is 5.32 Å². The predicted octanol–water partition coefficient (Wildman–Crippen LogP) is 3.94. The summed E-state index contributed by atoms with van der Waals surface area (Å²) < 4.78 is 0. The molecule has 2 heterocycles. The second-order valence-electron chi connectivity index (χ2n) is 4.80. The van der Waals surface area contributed by atoms with E-state index >= 15 is 0 Å². The minimum Gasteiger partial charge on any atom is -0.313 e. The van der Waals surface area contributed by atoms with Crippen molar-refractivity contribution in [2.24, 2.45) is 0 Å². The Morgan fingerprint density at radius 1 is 1.47 bits per heavy atom. The molecule has 1 nitrogen and oxygen atoms in total. The summed E-state index contributed by atoms with van der Waals surface area (Å²) in [6.45, 7) is 3.41. The van der Waals surface area contributed by atoms with Crippen molar-refractivity contribution in [2.75, 3.05) is 12.3 Å². The first kappa shape index (κ1) is 13.4. The van der Waals surface area contributed by atoms with Gasteiger partial charge in [0.15, 0.2) is 0 Å². The van der Waals surface area contributed by atoms with Crippen molar-refractivity contribution < 1.29 is 0 Å². The highest BCUT2D eigenvalue weighted by atomic mass is 32.2. The monoisotopic (exact) mass is 269 g/mol. The van der Waals surface area contributed by atoms with E-state index in [0.717, 1.165) is 11.8 Å². The van der Waals surface area contributed by atoms with Gasteiger partial charge in [0.25, 0.3) is 0 Å². The molecule has 2 rings (SSSR count). The summed E-state index contributed by atoms with van der Waals surface area (Å²) in [5.41, 5.74) is 1.51. The zero-order valence-corrected chi connectivity index (χ0v) is 12.3. The zero-order chi connectivity index (χ0) is 11.9. The summed E-state index contributed by atoms with van der Waals surface area (Å²) in [6, 6.07) is 2.95. The Morgan fingerprint density at radius 2 is 2.41 bits per heavy atom. The van der Waals surface area contributed by atoms with Crippen LogP contribution in [-0.2, 0) is 6.42 Å². The molecule has 0 aliphatic carbocycles. The average molecular weight is 269 g/mol. The molecule has 96 valence electrons. The number of thiophene rings is 1. The second-order valence-corrected chi connectivity index (χ2v) is 6.93. The molecule has 0 bridgehead atoms. The maximum absolute atomic E-state index is 3.76. The van der Waals surface area contributed by atoms with Gasteiger partial charge in [0.05, 0.1) is 0 Å². The van der Waals surface area contributed by atoms with Gasteiger partial charge in [-0.2, -0.15) is 23.1 Å². The standard InChI is InChI=1S/C14H23NS2/c1-2-7-15-13(10-12-6-9-16-11-12)14-5-3-4-8-17-14/h6,9,11,13-15H,2-5,7-8,10H2,1H3. The highest BCUT2D eigenvalue weighted by molar-refractivity contribution is 8.00. The molecule has 1 aromatic heterocycles. The van der Waals surface area contributed by atoms with E-state index in [-0.39, 0.29) is 0 Å². The summed E-state index contributed by atoms with van der Waals surface area (Å²) in [4.78, 5) is 0. The third-order valence-electron chi connectivity index (χ3n) is 3.36. The Morgan fingerprint density at radius 3 is 3.06 bits per heavy atom. The van der Waals surface area contributed by atoms with Crippen LogP contribution in [0.15, 0.2) is 16.8 Å². The third-order valence-corrected chi connectivity index (χ3v) is 5.60. The zero-order valence-electron chi connectivity index (χ0n) is 10.7. The van der Waals surface area contributed by atoms with Crippen LogP contribution in [0.3, 0.4) is 0 Å². The van der Waals surface area contributed by atoms with Crippen LogP contribution in [0.25, 0.3) is 0 Å². The lowest BCUT2D eigenvalue weighted by Gasteiger charge is -2.30. The number of hydrogen-bond donors (Lipinski definition) is 1. The second kappa shape index (κ2) is 7.45. The Kier molecular flexibility index (Phi) is 5.89. The van der Waals surface area contributed by atoms with Crippen LogP contribution >= 0.6 is 23.1 Å². The summed E-state index contributed by atoms with van der Waals surface area (Å²) >= 11 is 4.00. The Balaban J connectivity index is 1.91. The maximum atomic E-state index is 3.76. The van der Waals surface area contributed by atoms with Crippen molar-refractivity contribution in [3.05, 3.63) is 22.4 Å². The van der Waals surface area contributed by atoms with E-state index in [4.69, 9.17) is 0 Å². The molecule has 3 heteroatoms. The molecule has 0 amide bonds. The van der Waals surface area contributed by atoms with E-state index < -0.39 is 0 Å². The van der Waals surface area contributed by atoms with Gasteiger partial charge in [0.1, 0.15) is 0 Å². The highest BCUT2D eigenvalue weighted by Crippen LogP contribution is 2.29.